The van der Waals surface area contributed by atoms with E-state index in [1.165, 1.54) is 14.2 Å². The number of carboxylic acids is 1. The van der Waals surface area contributed by atoms with Crippen molar-refractivity contribution < 1.29 is 24.2 Å². The molecule has 2 rings (SSSR count). The van der Waals surface area contributed by atoms with Crippen molar-refractivity contribution in [1.29, 1.82) is 0 Å². The standard InChI is InChI=1S/C14H17NO5/c1-19-10-5-3-4-9(11(10)20-2)12(16)15-8-14(6-7-14)13(17)18/h3-5H,6-8H2,1-2H3,(H,15,16)(H,17,18). The first-order chi connectivity index (χ1) is 9.54. The molecule has 1 saturated carbocycles. The SMILES string of the molecule is COc1cccc(C(=O)NCC2(C(=O)O)CC2)c1OC. The molecule has 2 N–H and O–H groups in total. The number of rotatable bonds is 6. The van der Waals surface area contributed by atoms with Crippen LogP contribution >= 0.6 is 0 Å². The number of ether oxygens (including phenoxy) is 2. The number of carbonyl (C=O) groups is 2. The van der Waals surface area contributed by atoms with E-state index in [1.54, 1.807) is 18.2 Å². The molecule has 0 radical (unpaired) electrons. The maximum absolute atomic E-state index is 12.1. The average molecular weight is 279 g/mol. The molecule has 0 saturated heterocycles. The molecule has 20 heavy (non-hydrogen) atoms. The van der Waals surface area contributed by atoms with Crippen LogP contribution in [0.3, 0.4) is 0 Å². The lowest BCUT2D eigenvalue weighted by molar-refractivity contribution is -0.143. The van der Waals surface area contributed by atoms with E-state index >= 15 is 0 Å². The minimum absolute atomic E-state index is 0.127. The third-order valence-corrected chi connectivity index (χ3v) is 3.54. The second-order valence-electron chi connectivity index (χ2n) is 4.81. The lowest BCUT2D eigenvalue weighted by Crippen LogP contribution is -2.34. The number of para-hydroxylation sites is 1. The van der Waals surface area contributed by atoms with Crippen molar-refractivity contribution in [2.24, 2.45) is 5.41 Å². The Hall–Kier alpha value is -2.24. The summed E-state index contributed by atoms with van der Waals surface area (Å²) in [4.78, 5) is 23.2. The molecular weight excluding hydrogens is 262 g/mol. The van der Waals surface area contributed by atoms with Crippen LogP contribution in [0.15, 0.2) is 18.2 Å². The van der Waals surface area contributed by atoms with Gasteiger partial charge in [-0.25, -0.2) is 0 Å². The highest BCUT2D eigenvalue weighted by Gasteiger charge is 2.50. The van der Waals surface area contributed by atoms with Crippen molar-refractivity contribution in [3.05, 3.63) is 23.8 Å². The summed E-state index contributed by atoms with van der Waals surface area (Å²) in [5.41, 5.74) is -0.463. The third-order valence-electron chi connectivity index (χ3n) is 3.54. The zero-order valence-corrected chi connectivity index (χ0v) is 11.4. The van der Waals surface area contributed by atoms with Gasteiger partial charge in [-0.3, -0.25) is 9.59 Å². The molecule has 0 bridgehead atoms. The summed E-state index contributed by atoms with van der Waals surface area (Å²) in [6.45, 7) is 0.127. The Kier molecular flexibility index (Phi) is 3.83. The van der Waals surface area contributed by atoms with Crippen LogP contribution in [0.2, 0.25) is 0 Å². The first-order valence-corrected chi connectivity index (χ1v) is 6.26. The van der Waals surface area contributed by atoms with Crippen LogP contribution in [0.4, 0.5) is 0 Å². The van der Waals surface area contributed by atoms with Crippen molar-refractivity contribution in [2.75, 3.05) is 20.8 Å². The summed E-state index contributed by atoms with van der Waals surface area (Å²) in [5.74, 6) is -0.434. The Morgan fingerprint density at radius 3 is 2.50 bits per heavy atom. The van der Waals surface area contributed by atoms with Crippen LogP contribution in [0.5, 0.6) is 11.5 Å². The molecule has 1 aromatic rings. The molecule has 1 aromatic carbocycles. The topological polar surface area (TPSA) is 84.9 Å². The summed E-state index contributed by atoms with van der Waals surface area (Å²) in [7, 11) is 2.94. The van der Waals surface area contributed by atoms with Crippen LogP contribution < -0.4 is 14.8 Å². The van der Waals surface area contributed by atoms with Crippen molar-refractivity contribution in [2.45, 2.75) is 12.8 Å². The Balaban J connectivity index is 2.12. The van der Waals surface area contributed by atoms with E-state index in [4.69, 9.17) is 14.6 Å². The number of benzene rings is 1. The predicted molar refractivity (Wildman–Crippen MR) is 71.2 cm³/mol. The fourth-order valence-corrected chi connectivity index (χ4v) is 2.03. The summed E-state index contributed by atoms with van der Waals surface area (Å²) in [6, 6.07) is 4.98. The minimum atomic E-state index is -0.865. The molecule has 0 heterocycles. The van der Waals surface area contributed by atoms with Crippen LogP contribution in [0.1, 0.15) is 23.2 Å². The predicted octanol–water partition coefficient (Wildman–Crippen LogP) is 1.30. The molecule has 0 aliphatic heterocycles. The first kappa shape index (κ1) is 14.2. The number of methoxy groups -OCH3 is 2. The summed E-state index contributed by atoms with van der Waals surface area (Å²) in [6.07, 6.45) is 1.19. The molecule has 6 nitrogen and oxygen atoms in total. The Morgan fingerprint density at radius 1 is 1.30 bits per heavy atom. The van der Waals surface area contributed by atoms with Crippen LogP contribution in [-0.2, 0) is 4.79 Å². The summed E-state index contributed by atoms with van der Waals surface area (Å²) >= 11 is 0. The van der Waals surface area contributed by atoms with Gasteiger partial charge in [0.25, 0.3) is 5.91 Å². The van der Waals surface area contributed by atoms with E-state index in [2.05, 4.69) is 5.32 Å². The second-order valence-corrected chi connectivity index (χ2v) is 4.81. The Bertz CT molecular complexity index is 536. The van der Waals surface area contributed by atoms with Crippen molar-refractivity contribution in [3.8, 4) is 11.5 Å². The van der Waals surface area contributed by atoms with E-state index in [9.17, 15) is 9.59 Å². The molecule has 6 heteroatoms. The molecule has 0 atom stereocenters. The van der Waals surface area contributed by atoms with E-state index in [1.807, 2.05) is 0 Å². The zero-order valence-electron chi connectivity index (χ0n) is 11.4. The number of hydrogen-bond donors (Lipinski definition) is 2. The number of amides is 1. The number of carboxylic acid groups (broad SMARTS) is 1. The van der Waals surface area contributed by atoms with E-state index in [-0.39, 0.29) is 12.5 Å². The van der Waals surface area contributed by atoms with E-state index in [0.717, 1.165) is 0 Å². The highest BCUT2D eigenvalue weighted by atomic mass is 16.5. The number of hydrogen-bond acceptors (Lipinski definition) is 4. The van der Waals surface area contributed by atoms with Gasteiger partial charge in [-0.1, -0.05) is 6.07 Å². The molecular formula is C14H17NO5. The first-order valence-electron chi connectivity index (χ1n) is 6.26. The van der Waals surface area contributed by atoms with Gasteiger partial charge in [-0.2, -0.15) is 0 Å². The number of carbonyl (C=O) groups excluding carboxylic acids is 1. The summed E-state index contributed by atoms with van der Waals surface area (Å²) in [5, 5.41) is 11.7. The fourth-order valence-electron chi connectivity index (χ4n) is 2.03. The van der Waals surface area contributed by atoms with Gasteiger partial charge in [-0.05, 0) is 25.0 Å². The van der Waals surface area contributed by atoms with Crippen LogP contribution in [0.25, 0.3) is 0 Å². The molecule has 1 amide bonds. The Morgan fingerprint density at radius 2 is 2.00 bits per heavy atom. The quantitative estimate of drug-likeness (QED) is 0.820. The van der Waals surface area contributed by atoms with E-state index in [0.29, 0.717) is 29.9 Å². The van der Waals surface area contributed by atoms with Crippen molar-refractivity contribution in [3.63, 3.8) is 0 Å². The summed E-state index contributed by atoms with van der Waals surface area (Å²) < 4.78 is 10.3. The molecule has 1 fully saturated rings. The maximum atomic E-state index is 12.1. The lowest BCUT2D eigenvalue weighted by atomic mass is 10.1. The van der Waals surface area contributed by atoms with Gasteiger partial charge in [0, 0.05) is 6.54 Å². The third kappa shape index (κ3) is 2.54. The van der Waals surface area contributed by atoms with Gasteiger partial charge in [0.15, 0.2) is 11.5 Å². The molecule has 0 aromatic heterocycles. The number of nitrogens with one attached hydrogen (secondary N) is 1. The van der Waals surface area contributed by atoms with Gasteiger partial charge in [-0.15, -0.1) is 0 Å². The molecule has 1 aliphatic rings. The van der Waals surface area contributed by atoms with Gasteiger partial charge in [0.05, 0.1) is 25.2 Å². The van der Waals surface area contributed by atoms with Gasteiger partial charge in [0.2, 0.25) is 0 Å². The zero-order chi connectivity index (χ0) is 14.8. The minimum Gasteiger partial charge on any atom is -0.493 e. The van der Waals surface area contributed by atoms with Crippen LogP contribution in [-0.4, -0.2) is 37.7 Å². The van der Waals surface area contributed by atoms with Gasteiger partial charge >= 0.3 is 5.97 Å². The highest BCUT2D eigenvalue weighted by molar-refractivity contribution is 5.98. The fraction of sp³-hybridized carbons (Fsp3) is 0.429. The van der Waals surface area contributed by atoms with E-state index < -0.39 is 11.4 Å². The highest BCUT2D eigenvalue weighted by Crippen LogP contribution is 2.45. The molecule has 0 spiro atoms. The largest absolute Gasteiger partial charge is 0.493 e. The average Bonchev–Trinajstić information content (AvgIpc) is 3.25. The Labute approximate surface area is 116 Å². The second kappa shape index (κ2) is 5.40. The van der Waals surface area contributed by atoms with Crippen LogP contribution in [0, 0.1) is 5.41 Å². The monoisotopic (exact) mass is 279 g/mol. The lowest BCUT2D eigenvalue weighted by Gasteiger charge is -2.14. The smallest absolute Gasteiger partial charge is 0.311 e. The maximum Gasteiger partial charge on any atom is 0.311 e. The number of aliphatic carboxylic acids is 1. The molecule has 1 aliphatic carbocycles. The normalized spacial score (nSPS) is 15.3. The van der Waals surface area contributed by atoms with Gasteiger partial charge < -0.3 is 19.9 Å². The molecule has 108 valence electrons. The van der Waals surface area contributed by atoms with Crippen molar-refractivity contribution >= 4 is 11.9 Å². The molecule has 0 unspecified atom stereocenters. The van der Waals surface area contributed by atoms with Gasteiger partial charge in [0.1, 0.15) is 0 Å². The van der Waals surface area contributed by atoms with Crippen molar-refractivity contribution in [1.82, 2.24) is 5.32 Å².